The highest BCUT2D eigenvalue weighted by Gasteiger charge is 2.23. The highest BCUT2D eigenvalue weighted by molar-refractivity contribution is 7.13. The van der Waals surface area contributed by atoms with Crippen LogP contribution < -0.4 is 5.32 Å². The summed E-state index contributed by atoms with van der Waals surface area (Å²) in [6.07, 6.45) is 6.61. The number of hydrogen-bond acceptors (Lipinski definition) is 4. The van der Waals surface area contributed by atoms with Crippen molar-refractivity contribution in [1.82, 2.24) is 10.3 Å². The molecule has 0 spiro atoms. The minimum absolute atomic E-state index is 0.121. The Morgan fingerprint density at radius 3 is 2.94 bits per heavy atom. The Kier molecular flexibility index (Phi) is 4.72. The van der Waals surface area contributed by atoms with Gasteiger partial charge in [-0.15, -0.1) is 11.3 Å². The molecule has 0 radical (unpaired) electrons. The van der Waals surface area contributed by atoms with Crippen molar-refractivity contribution in [2.75, 3.05) is 6.54 Å². The van der Waals surface area contributed by atoms with E-state index in [2.05, 4.69) is 10.3 Å². The normalized spacial score (nSPS) is 17.9. The Balaban J connectivity index is 1.80. The van der Waals surface area contributed by atoms with Crippen molar-refractivity contribution < 1.29 is 9.90 Å². The Morgan fingerprint density at radius 2 is 2.33 bits per heavy atom. The van der Waals surface area contributed by atoms with E-state index >= 15 is 0 Å². The summed E-state index contributed by atoms with van der Waals surface area (Å²) < 4.78 is 0. The fourth-order valence-corrected chi connectivity index (χ4v) is 3.15. The van der Waals surface area contributed by atoms with Crippen LogP contribution in [-0.4, -0.2) is 28.6 Å². The van der Waals surface area contributed by atoms with E-state index in [0.29, 0.717) is 17.3 Å². The van der Waals surface area contributed by atoms with E-state index < -0.39 is 6.10 Å². The first-order chi connectivity index (χ1) is 8.70. The van der Waals surface area contributed by atoms with Crippen molar-refractivity contribution in [1.29, 1.82) is 0 Å². The first-order valence-corrected chi connectivity index (χ1v) is 7.43. The van der Waals surface area contributed by atoms with Crippen LogP contribution in [-0.2, 0) is 6.42 Å². The lowest BCUT2D eigenvalue weighted by Crippen LogP contribution is -2.35. The minimum atomic E-state index is -0.407. The Hall–Kier alpha value is -0.940. The minimum Gasteiger partial charge on any atom is -0.391 e. The van der Waals surface area contributed by atoms with E-state index in [4.69, 9.17) is 0 Å². The van der Waals surface area contributed by atoms with Crippen LogP contribution in [0.15, 0.2) is 6.20 Å². The van der Waals surface area contributed by atoms with E-state index in [1.54, 1.807) is 6.20 Å². The molecule has 0 aromatic carbocycles. The number of rotatable bonds is 5. The zero-order valence-corrected chi connectivity index (χ0v) is 11.5. The molecule has 2 rings (SSSR count). The van der Waals surface area contributed by atoms with Gasteiger partial charge in [0.05, 0.1) is 17.3 Å². The third-order valence-electron chi connectivity index (χ3n) is 3.50. The zero-order chi connectivity index (χ0) is 13.0. The predicted octanol–water partition coefficient (Wildman–Crippen LogP) is 1.99. The van der Waals surface area contributed by atoms with E-state index in [0.717, 1.165) is 24.3 Å². The molecule has 2 N–H and O–H groups in total. The first kappa shape index (κ1) is 13.5. The lowest BCUT2D eigenvalue weighted by molar-refractivity contribution is 0.0843. The van der Waals surface area contributed by atoms with Crippen molar-refractivity contribution >= 4 is 17.2 Å². The molecule has 1 aliphatic carbocycles. The van der Waals surface area contributed by atoms with Gasteiger partial charge < -0.3 is 10.4 Å². The lowest BCUT2D eigenvalue weighted by atomic mass is 10.0. The van der Waals surface area contributed by atoms with Gasteiger partial charge in [-0.05, 0) is 25.2 Å². The molecule has 100 valence electrons. The SMILES string of the molecule is CCc1ncc(C(=O)NCC(O)C2CCCC2)s1. The van der Waals surface area contributed by atoms with Gasteiger partial charge in [0.15, 0.2) is 0 Å². The third-order valence-corrected chi connectivity index (χ3v) is 4.64. The molecule has 1 heterocycles. The van der Waals surface area contributed by atoms with Crippen molar-refractivity contribution in [2.24, 2.45) is 5.92 Å². The van der Waals surface area contributed by atoms with E-state index in [9.17, 15) is 9.90 Å². The summed E-state index contributed by atoms with van der Waals surface area (Å²) in [7, 11) is 0. The number of carbonyl (C=O) groups excluding carboxylic acids is 1. The van der Waals surface area contributed by atoms with Gasteiger partial charge in [0.1, 0.15) is 4.88 Å². The fraction of sp³-hybridized carbons (Fsp3) is 0.692. The molecular formula is C13H20N2O2S. The van der Waals surface area contributed by atoms with Crippen molar-refractivity contribution in [2.45, 2.75) is 45.1 Å². The number of nitrogens with zero attached hydrogens (tertiary/aromatic N) is 1. The van der Waals surface area contributed by atoms with E-state index in [1.165, 1.54) is 24.2 Å². The van der Waals surface area contributed by atoms with Crippen LogP contribution in [0.4, 0.5) is 0 Å². The van der Waals surface area contributed by atoms with Gasteiger partial charge in [0.2, 0.25) is 0 Å². The first-order valence-electron chi connectivity index (χ1n) is 6.61. The summed E-state index contributed by atoms with van der Waals surface area (Å²) in [5.41, 5.74) is 0. The smallest absolute Gasteiger partial charge is 0.263 e. The van der Waals surface area contributed by atoms with Crippen LogP contribution in [0.25, 0.3) is 0 Å². The molecule has 1 saturated carbocycles. The maximum absolute atomic E-state index is 11.8. The number of aromatic nitrogens is 1. The summed E-state index contributed by atoms with van der Waals surface area (Å²) in [4.78, 5) is 16.6. The van der Waals surface area contributed by atoms with Crippen molar-refractivity contribution in [3.8, 4) is 0 Å². The third kappa shape index (κ3) is 3.29. The van der Waals surface area contributed by atoms with Gasteiger partial charge >= 0.3 is 0 Å². The number of thiazole rings is 1. The average molecular weight is 268 g/mol. The van der Waals surface area contributed by atoms with E-state index in [-0.39, 0.29) is 5.91 Å². The lowest BCUT2D eigenvalue weighted by Gasteiger charge is -2.17. The highest BCUT2D eigenvalue weighted by Crippen LogP contribution is 2.27. The molecule has 18 heavy (non-hydrogen) atoms. The average Bonchev–Trinajstić information content (AvgIpc) is 3.05. The second kappa shape index (κ2) is 6.29. The molecule has 1 fully saturated rings. The molecule has 5 heteroatoms. The van der Waals surface area contributed by atoms with Crippen LogP contribution in [0, 0.1) is 5.92 Å². The topological polar surface area (TPSA) is 62.2 Å². The van der Waals surface area contributed by atoms with Crippen molar-refractivity contribution in [3.63, 3.8) is 0 Å². The largest absolute Gasteiger partial charge is 0.391 e. The number of aliphatic hydroxyl groups excluding tert-OH is 1. The molecule has 1 atom stereocenters. The number of amides is 1. The summed E-state index contributed by atoms with van der Waals surface area (Å²) >= 11 is 1.42. The number of nitrogens with one attached hydrogen (secondary N) is 1. The fourth-order valence-electron chi connectivity index (χ4n) is 2.37. The summed E-state index contributed by atoms with van der Waals surface area (Å²) in [5.74, 6) is 0.238. The summed E-state index contributed by atoms with van der Waals surface area (Å²) in [6, 6.07) is 0. The maximum atomic E-state index is 11.8. The Bertz CT molecular complexity index is 399. The maximum Gasteiger partial charge on any atom is 0.263 e. The van der Waals surface area contributed by atoms with Gasteiger partial charge in [0.25, 0.3) is 5.91 Å². The van der Waals surface area contributed by atoms with Crippen molar-refractivity contribution in [3.05, 3.63) is 16.1 Å². The second-order valence-electron chi connectivity index (χ2n) is 4.79. The number of aryl methyl sites for hydroxylation is 1. The quantitative estimate of drug-likeness (QED) is 0.858. The molecule has 0 aliphatic heterocycles. The van der Waals surface area contributed by atoms with Crippen LogP contribution in [0.2, 0.25) is 0 Å². The zero-order valence-electron chi connectivity index (χ0n) is 10.7. The van der Waals surface area contributed by atoms with Gasteiger partial charge in [-0.2, -0.15) is 0 Å². The van der Waals surface area contributed by atoms with Crippen LogP contribution in [0.3, 0.4) is 0 Å². The summed E-state index contributed by atoms with van der Waals surface area (Å²) in [6.45, 7) is 2.37. The highest BCUT2D eigenvalue weighted by atomic mass is 32.1. The van der Waals surface area contributed by atoms with Gasteiger partial charge in [-0.1, -0.05) is 19.8 Å². The second-order valence-corrected chi connectivity index (χ2v) is 5.91. The molecule has 4 nitrogen and oxygen atoms in total. The van der Waals surface area contributed by atoms with Gasteiger partial charge in [0, 0.05) is 6.54 Å². The Morgan fingerprint density at radius 1 is 1.61 bits per heavy atom. The molecule has 1 aromatic rings. The molecule has 0 bridgehead atoms. The molecular weight excluding hydrogens is 248 g/mol. The standard InChI is InChI=1S/C13H20N2O2S/c1-2-12-14-8-11(18-12)13(17)15-7-10(16)9-5-3-4-6-9/h8-10,16H,2-7H2,1H3,(H,15,17). The number of carbonyl (C=O) groups is 1. The molecule has 1 aromatic heterocycles. The van der Waals surface area contributed by atoms with E-state index in [1.807, 2.05) is 6.92 Å². The Labute approximate surface area is 111 Å². The predicted molar refractivity (Wildman–Crippen MR) is 71.8 cm³/mol. The van der Waals surface area contributed by atoms with Gasteiger partial charge in [-0.25, -0.2) is 4.98 Å². The molecule has 1 unspecified atom stereocenters. The summed E-state index contributed by atoms with van der Waals surface area (Å²) in [5, 5.41) is 13.7. The number of aliphatic hydroxyl groups is 1. The number of hydrogen-bond donors (Lipinski definition) is 2. The van der Waals surface area contributed by atoms with Crippen LogP contribution >= 0.6 is 11.3 Å². The molecule has 1 aliphatic rings. The van der Waals surface area contributed by atoms with Crippen LogP contribution in [0.5, 0.6) is 0 Å². The van der Waals surface area contributed by atoms with Gasteiger partial charge in [-0.3, -0.25) is 4.79 Å². The monoisotopic (exact) mass is 268 g/mol. The van der Waals surface area contributed by atoms with Crippen LogP contribution in [0.1, 0.15) is 47.3 Å². The molecule has 0 saturated heterocycles. The molecule has 1 amide bonds.